The molecule has 0 unspecified atom stereocenters. The van der Waals surface area contributed by atoms with E-state index < -0.39 is 11.7 Å². The fraction of sp³-hybridized carbons (Fsp3) is 0.600. The van der Waals surface area contributed by atoms with Crippen molar-refractivity contribution in [1.82, 2.24) is 0 Å². The molecule has 104 valence electrons. The van der Waals surface area contributed by atoms with Gasteiger partial charge in [-0.2, -0.15) is 13.2 Å². The Morgan fingerprint density at radius 2 is 1.50 bits per heavy atom. The largest absolute Gasteiger partial charge is 0.416 e. The molecular formula is C15H23F3. The normalized spacial score (nSPS) is 11.1. The van der Waals surface area contributed by atoms with Crippen molar-refractivity contribution in [2.45, 2.75) is 53.1 Å². The molecule has 3 heteroatoms. The highest BCUT2D eigenvalue weighted by Gasteiger charge is 2.29. The highest BCUT2D eigenvalue weighted by molar-refractivity contribution is 5.24. The van der Waals surface area contributed by atoms with Crippen LogP contribution in [0.25, 0.3) is 0 Å². The van der Waals surface area contributed by atoms with Gasteiger partial charge in [0, 0.05) is 0 Å². The third kappa shape index (κ3) is 6.67. The van der Waals surface area contributed by atoms with Gasteiger partial charge in [-0.15, -0.1) is 0 Å². The van der Waals surface area contributed by atoms with Crippen LogP contribution in [0.1, 0.15) is 51.7 Å². The van der Waals surface area contributed by atoms with Gasteiger partial charge in [0.25, 0.3) is 0 Å². The van der Waals surface area contributed by atoms with Crippen LogP contribution >= 0.6 is 0 Å². The summed E-state index contributed by atoms with van der Waals surface area (Å²) >= 11 is 0. The average Bonchev–Trinajstić information content (AvgIpc) is 2.31. The van der Waals surface area contributed by atoms with E-state index in [2.05, 4.69) is 13.8 Å². The molecule has 0 aliphatic heterocycles. The second-order valence-corrected chi connectivity index (χ2v) is 4.48. The van der Waals surface area contributed by atoms with Gasteiger partial charge in [0.2, 0.25) is 0 Å². The summed E-state index contributed by atoms with van der Waals surface area (Å²) in [6.07, 6.45) is -1.23. The molecule has 0 saturated heterocycles. The molecule has 0 saturated carbocycles. The lowest BCUT2D eigenvalue weighted by atomic mass is 10.0. The van der Waals surface area contributed by atoms with Crippen LogP contribution in [-0.4, -0.2) is 0 Å². The van der Waals surface area contributed by atoms with Crippen LogP contribution in [0.4, 0.5) is 13.2 Å². The number of rotatable bonds is 4. The second-order valence-electron chi connectivity index (χ2n) is 4.48. The summed E-state index contributed by atoms with van der Waals surface area (Å²) in [5.41, 5.74) is 0.411. The zero-order valence-electron chi connectivity index (χ0n) is 11.6. The van der Waals surface area contributed by atoms with E-state index in [9.17, 15) is 13.2 Å². The standard InChI is InChI=1S/C13H17F3.C2H6/c1-10(2)4-3-5-11-6-8-12(9-7-11)13(14,15)16;1-2/h6-10H,3-5H2,1-2H3;1-2H3. The lowest BCUT2D eigenvalue weighted by Crippen LogP contribution is -2.04. The maximum atomic E-state index is 12.3. The quantitative estimate of drug-likeness (QED) is 0.650. The van der Waals surface area contributed by atoms with Gasteiger partial charge in [0.15, 0.2) is 0 Å². The molecular weight excluding hydrogens is 237 g/mol. The number of benzene rings is 1. The molecule has 0 heterocycles. The molecule has 0 bridgehead atoms. The number of hydrogen-bond donors (Lipinski definition) is 0. The first kappa shape index (κ1) is 17.0. The van der Waals surface area contributed by atoms with Gasteiger partial charge in [-0.05, 0) is 36.5 Å². The Hall–Kier alpha value is -0.990. The number of alkyl halides is 3. The third-order valence-corrected chi connectivity index (χ3v) is 2.53. The number of aryl methyl sites for hydroxylation is 1. The van der Waals surface area contributed by atoms with E-state index in [-0.39, 0.29) is 0 Å². The molecule has 0 spiro atoms. The van der Waals surface area contributed by atoms with Crippen LogP contribution in [0.15, 0.2) is 24.3 Å². The Labute approximate surface area is 108 Å². The van der Waals surface area contributed by atoms with Crippen LogP contribution in [0.3, 0.4) is 0 Å². The summed E-state index contributed by atoms with van der Waals surface area (Å²) in [6, 6.07) is 5.46. The molecule has 0 aromatic heterocycles. The SMILES string of the molecule is CC.CC(C)CCCc1ccc(C(F)(F)F)cc1. The van der Waals surface area contributed by atoms with Gasteiger partial charge in [-0.3, -0.25) is 0 Å². The summed E-state index contributed by atoms with van der Waals surface area (Å²) < 4.78 is 36.8. The fourth-order valence-electron chi connectivity index (χ4n) is 1.57. The Bertz CT molecular complexity index is 310. The third-order valence-electron chi connectivity index (χ3n) is 2.53. The van der Waals surface area contributed by atoms with E-state index in [1.165, 1.54) is 0 Å². The molecule has 1 aromatic rings. The predicted octanol–water partition coefficient (Wildman–Crippen LogP) is 5.71. The summed E-state index contributed by atoms with van der Waals surface area (Å²) in [7, 11) is 0. The van der Waals surface area contributed by atoms with Gasteiger partial charge in [0.05, 0.1) is 5.56 Å². The maximum Gasteiger partial charge on any atom is 0.416 e. The molecule has 0 aliphatic carbocycles. The minimum absolute atomic E-state index is 0.569. The van der Waals surface area contributed by atoms with Crippen LogP contribution in [-0.2, 0) is 12.6 Å². The smallest absolute Gasteiger partial charge is 0.166 e. The number of halogens is 3. The summed E-state index contributed by atoms with van der Waals surface area (Å²) in [6.45, 7) is 8.29. The van der Waals surface area contributed by atoms with E-state index in [0.29, 0.717) is 5.92 Å². The maximum absolute atomic E-state index is 12.3. The zero-order chi connectivity index (χ0) is 14.2. The first-order valence-corrected chi connectivity index (χ1v) is 6.55. The van der Waals surface area contributed by atoms with E-state index in [1.54, 1.807) is 12.1 Å². The monoisotopic (exact) mass is 260 g/mol. The minimum Gasteiger partial charge on any atom is -0.166 e. The Balaban J connectivity index is 0.00000137. The van der Waals surface area contributed by atoms with Crippen LogP contribution in [0.5, 0.6) is 0 Å². The van der Waals surface area contributed by atoms with Crippen molar-refractivity contribution in [2.24, 2.45) is 5.92 Å². The predicted molar refractivity (Wildman–Crippen MR) is 70.6 cm³/mol. The minimum atomic E-state index is -4.23. The summed E-state index contributed by atoms with van der Waals surface area (Å²) in [4.78, 5) is 0. The zero-order valence-corrected chi connectivity index (χ0v) is 11.6. The van der Waals surface area contributed by atoms with Crippen molar-refractivity contribution in [3.8, 4) is 0 Å². The highest BCUT2D eigenvalue weighted by atomic mass is 19.4. The van der Waals surface area contributed by atoms with Gasteiger partial charge in [-0.25, -0.2) is 0 Å². The van der Waals surface area contributed by atoms with Gasteiger partial charge in [-0.1, -0.05) is 46.2 Å². The van der Waals surface area contributed by atoms with Crippen molar-refractivity contribution >= 4 is 0 Å². The topological polar surface area (TPSA) is 0 Å². The molecule has 0 N–H and O–H groups in total. The first-order chi connectivity index (χ1) is 8.39. The van der Waals surface area contributed by atoms with Crippen molar-refractivity contribution < 1.29 is 13.2 Å². The molecule has 0 amide bonds. The van der Waals surface area contributed by atoms with Crippen LogP contribution in [0.2, 0.25) is 0 Å². The fourth-order valence-corrected chi connectivity index (χ4v) is 1.57. The highest BCUT2D eigenvalue weighted by Crippen LogP contribution is 2.29. The van der Waals surface area contributed by atoms with Crippen LogP contribution in [0, 0.1) is 5.92 Å². The van der Waals surface area contributed by atoms with E-state index in [0.717, 1.165) is 37.0 Å². The van der Waals surface area contributed by atoms with Crippen molar-refractivity contribution in [1.29, 1.82) is 0 Å². The Morgan fingerprint density at radius 3 is 1.89 bits per heavy atom. The molecule has 1 rings (SSSR count). The summed E-state index contributed by atoms with van der Waals surface area (Å²) in [5, 5.41) is 0. The average molecular weight is 260 g/mol. The lowest BCUT2D eigenvalue weighted by Gasteiger charge is -2.08. The molecule has 0 atom stereocenters. The molecule has 0 fully saturated rings. The molecule has 0 aliphatic rings. The molecule has 18 heavy (non-hydrogen) atoms. The van der Waals surface area contributed by atoms with E-state index >= 15 is 0 Å². The second kappa shape index (κ2) is 8.17. The molecule has 1 aromatic carbocycles. The van der Waals surface area contributed by atoms with Crippen molar-refractivity contribution in [3.05, 3.63) is 35.4 Å². The molecule has 0 nitrogen and oxygen atoms in total. The van der Waals surface area contributed by atoms with Crippen LogP contribution < -0.4 is 0 Å². The van der Waals surface area contributed by atoms with Gasteiger partial charge >= 0.3 is 6.18 Å². The Morgan fingerprint density at radius 1 is 1.00 bits per heavy atom. The Kier molecular flexibility index (Phi) is 7.72. The van der Waals surface area contributed by atoms with Gasteiger partial charge in [0.1, 0.15) is 0 Å². The van der Waals surface area contributed by atoms with Crippen molar-refractivity contribution in [3.63, 3.8) is 0 Å². The number of hydrogen-bond acceptors (Lipinski definition) is 0. The lowest BCUT2D eigenvalue weighted by molar-refractivity contribution is -0.137. The first-order valence-electron chi connectivity index (χ1n) is 6.55. The van der Waals surface area contributed by atoms with Gasteiger partial charge < -0.3 is 0 Å². The molecule has 0 radical (unpaired) electrons. The van der Waals surface area contributed by atoms with E-state index in [1.807, 2.05) is 13.8 Å². The van der Waals surface area contributed by atoms with Crippen molar-refractivity contribution in [2.75, 3.05) is 0 Å². The van der Waals surface area contributed by atoms with E-state index in [4.69, 9.17) is 0 Å². The summed E-state index contributed by atoms with van der Waals surface area (Å²) in [5.74, 6) is 0.648.